The minimum atomic E-state index is -0.444. The van der Waals surface area contributed by atoms with Crippen LogP contribution >= 0.6 is 0 Å². The fourth-order valence-electron chi connectivity index (χ4n) is 3.79. The second-order valence-electron chi connectivity index (χ2n) is 6.79. The zero-order chi connectivity index (χ0) is 17.3. The van der Waals surface area contributed by atoms with Gasteiger partial charge >= 0.3 is 0 Å². The summed E-state index contributed by atoms with van der Waals surface area (Å²) in [6.45, 7) is 4.02. The summed E-state index contributed by atoms with van der Waals surface area (Å²) in [5, 5.41) is 9.44. The van der Waals surface area contributed by atoms with Gasteiger partial charge in [0.2, 0.25) is 5.95 Å². The summed E-state index contributed by atoms with van der Waals surface area (Å²) in [5.74, 6) is -0.159. The first-order valence-electron chi connectivity index (χ1n) is 8.68. The Bertz CT molecular complexity index is 730. The molecule has 2 saturated heterocycles. The number of piperidine rings is 1. The van der Waals surface area contributed by atoms with Gasteiger partial charge in [-0.3, -0.25) is 0 Å². The van der Waals surface area contributed by atoms with Crippen molar-refractivity contribution in [2.45, 2.75) is 18.4 Å². The van der Waals surface area contributed by atoms with Crippen LogP contribution in [0.15, 0.2) is 42.6 Å². The summed E-state index contributed by atoms with van der Waals surface area (Å²) in [6, 6.07) is 10.7. The van der Waals surface area contributed by atoms with E-state index in [4.69, 9.17) is 4.74 Å². The third kappa shape index (κ3) is 3.39. The van der Waals surface area contributed by atoms with Crippen molar-refractivity contribution in [1.29, 1.82) is 0 Å². The maximum absolute atomic E-state index is 13.4. The first-order valence-corrected chi connectivity index (χ1v) is 8.68. The van der Waals surface area contributed by atoms with Crippen molar-refractivity contribution in [3.8, 4) is 5.75 Å². The third-order valence-corrected chi connectivity index (χ3v) is 5.21. The quantitative estimate of drug-likeness (QED) is 0.850. The molecule has 25 heavy (non-hydrogen) atoms. The Balaban J connectivity index is 1.44. The second kappa shape index (κ2) is 6.52. The van der Waals surface area contributed by atoms with Crippen LogP contribution in [0.25, 0.3) is 0 Å². The highest BCUT2D eigenvalue weighted by Gasteiger charge is 2.40. The Kier molecular flexibility index (Phi) is 4.21. The van der Waals surface area contributed by atoms with Gasteiger partial charge in [-0.25, -0.2) is 4.98 Å². The lowest BCUT2D eigenvalue weighted by molar-refractivity contribution is -0.0704. The van der Waals surface area contributed by atoms with Gasteiger partial charge in [-0.2, -0.15) is 4.39 Å². The Hall–Kier alpha value is -2.34. The molecule has 6 heteroatoms. The highest BCUT2D eigenvalue weighted by atomic mass is 19.1. The van der Waals surface area contributed by atoms with Crippen molar-refractivity contribution < 1.29 is 14.2 Å². The maximum Gasteiger partial charge on any atom is 0.214 e. The number of aromatic hydroxyl groups is 1. The van der Waals surface area contributed by atoms with Gasteiger partial charge in [0.15, 0.2) is 0 Å². The van der Waals surface area contributed by atoms with Gasteiger partial charge in [-0.1, -0.05) is 0 Å². The van der Waals surface area contributed by atoms with Gasteiger partial charge in [0, 0.05) is 49.8 Å². The van der Waals surface area contributed by atoms with Crippen molar-refractivity contribution in [2.75, 3.05) is 42.6 Å². The van der Waals surface area contributed by atoms with Crippen molar-refractivity contribution in [2.24, 2.45) is 0 Å². The standard InChI is InChI=1S/C19H22FN3O2/c20-18-13-16(5-8-21-18)23-11-12-25-19(14-23)6-9-22(10-7-19)15-1-3-17(24)4-2-15/h1-5,8,13,24H,6-7,9-12,14H2. The first-order chi connectivity index (χ1) is 12.1. The van der Waals surface area contributed by atoms with Gasteiger partial charge in [0.05, 0.1) is 12.2 Å². The van der Waals surface area contributed by atoms with E-state index in [0.717, 1.165) is 50.4 Å². The molecule has 1 aromatic heterocycles. The van der Waals surface area contributed by atoms with Crippen molar-refractivity contribution in [3.05, 3.63) is 48.5 Å². The van der Waals surface area contributed by atoms with Gasteiger partial charge in [-0.15, -0.1) is 0 Å². The molecule has 2 aliphatic rings. The molecule has 0 radical (unpaired) electrons. The summed E-state index contributed by atoms with van der Waals surface area (Å²) >= 11 is 0. The lowest BCUT2D eigenvalue weighted by atomic mass is 9.89. The van der Waals surface area contributed by atoms with E-state index in [9.17, 15) is 9.50 Å². The summed E-state index contributed by atoms with van der Waals surface area (Å²) in [7, 11) is 0. The second-order valence-corrected chi connectivity index (χ2v) is 6.79. The van der Waals surface area contributed by atoms with E-state index >= 15 is 0 Å². The third-order valence-electron chi connectivity index (χ3n) is 5.21. The van der Waals surface area contributed by atoms with Crippen LogP contribution in [0, 0.1) is 5.95 Å². The van der Waals surface area contributed by atoms with E-state index in [-0.39, 0.29) is 11.4 Å². The topological polar surface area (TPSA) is 48.8 Å². The lowest BCUT2D eigenvalue weighted by Crippen LogP contribution is -2.57. The number of phenols is 1. The minimum absolute atomic E-state index is 0.175. The summed E-state index contributed by atoms with van der Waals surface area (Å²) in [4.78, 5) is 8.16. The Labute approximate surface area is 146 Å². The zero-order valence-corrected chi connectivity index (χ0v) is 14.1. The molecule has 2 aliphatic heterocycles. The minimum Gasteiger partial charge on any atom is -0.508 e. The highest BCUT2D eigenvalue weighted by molar-refractivity contribution is 5.50. The number of benzene rings is 1. The zero-order valence-electron chi connectivity index (χ0n) is 14.1. The van der Waals surface area contributed by atoms with E-state index in [1.165, 1.54) is 12.3 Å². The van der Waals surface area contributed by atoms with Crippen LogP contribution in [-0.2, 0) is 4.74 Å². The fourth-order valence-corrected chi connectivity index (χ4v) is 3.79. The number of pyridine rings is 1. The van der Waals surface area contributed by atoms with Crippen molar-refractivity contribution in [3.63, 3.8) is 0 Å². The van der Waals surface area contributed by atoms with Crippen LogP contribution in [0.3, 0.4) is 0 Å². The fraction of sp³-hybridized carbons (Fsp3) is 0.421. The van der Waals surface area contributed by atoms with Crippen LogP contribution in [0.1, 0.15) is 12.8 Å². The Morgan fingerprint density at radius 1 is 1.00 bits per heavy atom. The number of nitrogens with zero attached hydrogens (tertiary/aromatic N) is 3. The van der Waals surface area contributed by atoms with Gasteiger partial charge < -0.3 is 19.6 Å². The number of hydrogen-bond acceptors (Lipinski definition) is 5. The molecule has 1 spiro atoms. The van der Waals surface area contributed by atoms with Crippen LogP contribution in [0.5, 0.6) is 5.75 Å². The number of halogens is 1. The summed E-state index contributed by atoms with van der Waals surface area (Å²) in [5.41, 5.74) is 1.82. The van der Waals surface area contributed by atoms with Gasteiger partial charge in [0.25, 0.3) is 0 Å². The van der Waals surface area contributed by atoms with Crippen LogP contribution < -0.4 is 9.80 Å². The largest absolute Gasteiger partial charge is 0.508 e. The smallest absolute Gasteiger partial charge is 0.214 e. The number of aromatic nitrogens is 1. The Morgan fingerprint density at radius 3 is 2.48 bits per heavy atom. The van der Waals surface area contributed by atoms with E-state index in [0.29, 0.717) is 6.61 Å². The average Bonchev–Trinajstić information content (AvgIpc) is 2.63. The van der Waals surface area contributed by atoms with Crippen LogP contribution in [0.2, 0.25) is 0 Å². The van der Waals surface area contributed by atoms with Crippen molar-refractivity contribution >= 4 is 11.4 Å². The van der Waals surface area contributed by atoms with Crippen LogP contribution in [-0.4, -0.2) is 48.5 Å². The molecule has 3 heterocycles. The SMILES string of the molecule is Oc1ccc(N2CCC3(CC2)CN(c2ccnc(F)c2)CCO3)cc1. The molecular weight excluding hydrogens is 321 g/mol. The number of phenolic OH excluding ortho intramolecular Hbond substituents is 1. The van der Waals surface area contributed by atoms with Crippen LogP contribution in [0.4, 0.5) is 15.8 Å². The number of rotatable bonds is 2. The van der Waals surface area contributed by atoms with Crippen molar-refractivity contribution in [1.82, 2.24) is 4.98 Å². The number of anilines is 2. The summed E-state index contributed by atoms with van der Waals surface area (Å²) < 4.78 is 19.6. The first kappa shape index (κ1) is 16.1. The predicted octanol–water partition coefficient (Wildman–Crippen LogP) is 2.80. The molecule has 4 rings (SSSR count). The molecule has 132 valence electrons. The highest BCUT2D eigenvalue weighted by Crippen LogP contribution is 2.34. The average molecular weight is 343 g/mol. The molecule has 0 bridgehead atoms. The molecule has 0 atom stereocenters. The molecule has 2 fully saturated rings. The molecule has 1 N–H and O–H groups in total. The Morgan fingerprint density at radius 2 is 1.76 bits per heavy atom. The van der Waals surface area contributed by atoms with Gasteiger partial charge in [0.1, 0.15) is 5.75 Å². The molecule has 0 amide bonds. The monoisotopic (exact) mass is 343 g/mol. The normalized spacial score (nSPS) is 20.0. The molecule has 0 aliphatic carbocycles. The number of morpholine rings is 1. The van der Waals surface area contributed by atoms with E-state index in [2.05, 4.69) is 14.8 Å². The molecule has 2 aromatic rings. The molecule has 5 nitrogen and oxygen atoms in total. The maximum atomic E-state index is 13.4. The molecule has 0 saturated carbocycles. The van der Waals surface area contributed by atoms with E-state index < -0.39 is 5.95 Å². The van der Waals surface area contributed by atoms with Gasteiger partial charge in [-0.05, 0) is 43.2 Å². The molecule has 1 aromatic carbocycles. The van der Waals surface area contributed by atoms with E-state index in [1.54, 1.807) is 12.1 Å². The predicted molar refractivity (Wildman–Crippen MR) is 94.6 cm³/mol. The van der Waals surface area contributed by atoms with E-state index in [1.807, 2.05) is 18.2 Å². The molecule has 0 unspecified atom stereocenters. The number of ether oxygens (including phenoxy) is 1. The summed E-state index contributed by atoms with van der Waals surface area (Å²) in [6.07, 6.45) is 3.37. The lowest BCUT2D eigenvalue weighted by Gasteiger charge is -2.48. The molecular formula is C19H22FN3O2. The number of hydrogen-bond donors (Lipinski definition) is 1.